The minimum absolute atomic E-state index is 1.01. The van der Waals surface area contributed by atoms with Gasteiger partial charge in [0, 0.05) is 0 Å². The van der Waals surface area contributed by atoms with E-state index >= 15 is 0 Å². The van der Waals surface area contributed by atoms with Crippen LogP contribution in [0.25, 0.3) is 0 Å². The number of hydrogen-bond donors (Lipinski definition) is 0. The van der Waals surface area contributed by atoms with Crippen molar-refractivity contribution < 1.29 is 4.48 Å². The van der Waals surface area contributed by atoms with Crippen LogP contribution in [0, 0.1) is 5.92 Å². The van der Waals surface area contributed by atoms with Crippen LogP contribution in [0.1, 0.15) is 64.7 Å². The molecule has 0 saturated carbocycles. The highest BCUT2D eigenvalue weighted by molar-refractivity contribution is 4.68. The zero-order valence-electron chi connectivity index (χ0n) is 14.1. The molecular formula is C18H37N2+. The fourth-order valence-electron chi connectivity index (χ4n) is 4.02. The van der Waals surface area contributed by atoms with Crippen LogP contribution < -0.4 is 0 Å². The Balaban J connectivity index is 1.70. The lowest BCUT2D eigenvalue weighted by molar-refractivity contribution is -0.907. The third-order valence-electron chi connectivity index (χ3n) is 5.95. The Morgan fingerprint density at radius 3 is 2.30 bits per heavy atom. The minimum Gasteiger partial charge on any atom is -0.326 e. The van der Waals surface area contributed by atoms with Gasteiger partial charge in [-0.2, -0.15) is 0 Å². The van der Waals surface area contributed by atoms with Gasteiger partial charge in [-0.15, -0.1) is 0 Å². The van der Waals surface area contributed by atoms with Gasteiger partial charge < -0.3 is 9.38 Å². The molecule has 2 aliphatic rings. The van der Waals surface area contributed by atoms with Crippen molar-refractivity contribution in [1.29, 1.82) is 0 Å². The van der Waals surface area contributed by atoms with Crippen molar-refractivity contribution in [1.82, 2.24) is 4.90 Å². The van der Waals surface area contributed by atoms with Gasteiger partial charge in [0.2, 0.25) is 0 Å². The Labute approximate surface area is 127 Å². The average Bonchev–Trinajstić information content (AvgIpc) is 2.61. The van der Waals surface area contributed by atoms with Crippen molar-refractivity contribution in [3.05, 3.63) is 0 Å². The van der Waals surface area contributed by atoms with Crippen molar-refractivity contribution in [2.75, 3.05) is 46.3 Å². The molecule has 0 aromatic heterocycles. The Hall–Kier alpha value is -0.0800. The Kier molecular flexibility index (Phi) is 6.83. The summed E-state index contributed by atoms with van der Waals surface area (Å²) in [6.45, 7) is 10.6. The van der Waals surface area contributed by atoms with Crippen LogP contribution in [-0.4, -0.2) is 55.7 Å². The highest BCUT2D eigenvalue weighted by Gasteiger charge is 2.25. The van der Waals surface area contributed by atoms with Gasteiger partial charge in [0.05, 0.1) is 26.7 Å². The van der Waals surface area contributed by atoms with Crippen molar-refractivity contribution in [2.45, 2.75) is 64.7 Å². The van der Waals surface area contributed by atoms with Crippen LogP contribution in [0.15, 0.2) is 0 Å². The van der Waals surface area contributed by atoms with E-state index < -0.39 is 0 Å². The smallest absolute Gasteiger partial charge is 0.0787 e. The zero-order chi connectivity index (χ0) is 14.3. The largest absolute Gasteiger partial charge is 0.326 e. The molecule has 2 aliphatic heterocycles. The number of likely N-dealkylation sites (tertiary alicyclic amines) is 2. The standard InChI is InChI=1S/C18H37N2/c1-3-20(2)16-9-10-18(12-17-20)11-15-19-13-7-5-4-6-8-14-19/h18H,3-17H2,1-2H3/q+1. The van der Waals surface area contributed by atoms with Crippen LogP contribution in [0.3, 0.4) is 0 Å². The normalized spacial score (nSPS) is 34.2. The molecule has 2 fully saturated rings. The van der Waals surface area contributed by atoms with Gasteiger partial charge in [-0.25, -0.2) is 0 Å². The summed E-state index contributed by atoms with van der Waals surface area (Å²) in [7, 11) is 2.46. The maximum atomic E-state index is 2.76. The predicted molar refractivity (Wildman–Crippen MR) is 87.9 cm³/mol. The molecule has 0 N–H and O–H groups in total. The molecule has 2 saturated heterocycles. The number of nitrogens with zero attached hydrogens (tertiary/aromatic N) is 2. The molecule has 0 spiro atoms. The molecule has 118 valence electrons. The van der Waals surface area contributed by atoms with Crippen molar-refractivity contribution in [3.8, 4) is 0 Å². The Morgan fingerprint density at radius 1 is 0.900 bits per heavy atom. The van der Waals surface area contributed by atoms with Crippen LogP contribution in [0.5, 0.6) is 0 Å². The third kappa shape index (κ3) is 5.37. The lowest BCUT2D eigenvalue weighted by Gasteiger charge is -2.32. The fourth-order valence-corrected chi connectivity index (χ4v) is 4.02. The summed E-state index contributed by atoms with van der Waals surface area (Å²) < 4.78 is 1.32. The van der Waals surface area contributed by atoms with Crippen LogP contribution in [0.2, 0.25) is 0 Å². The molecule has 0 amide bonds. The van der Waals surface area contributed by atoms with E-state index in [1.165, 1.54) is 102 Å². The molecule has 2 nitrogen and oxygen atoms in total. The Morgan fingerprint density at radius 2 is 1.60 bits per heavy atom. The van der Waals surface area contributed by atoms with Gasteiger partial charge in [-0.05, 0) is 71.0 Å². The molecule has 0 aromatic carbocycles. The maximum Gasteiger partial charge on any atom is 0.0787 e. The minimum atomic E-state index is 1.01. The summed E-state index contributed by atoms with van der Waals surface area (Å²) in [5.74, 6) is 1.01. The molecule has 2 rings (SSSR count). The van der Waals surface area contributed by atoms with Crippen LogP contribution >= 0.6 is 0 Å². The lowest BCUT2D eigenvalue weighted by atomic mass is 9.96. The van der Waals surface area contributed by atoms with Gasteiger partial charge in [-0.3, -0.25) is 0 Å². The van der Waals surface area contributed by atoms with E-state index in [-0.39, 0.29) is 0 Å². The van der Waals surface area contributed by atoms with E-state index in [0.29, 0.717) is 0 Å². The summed E-state index contributed by atoms with van der Waals surface area (Å²) in [5.41, 5.74) is 0. The van der Waals surface area contributed by atoms with Crippen molar-refractivity contribution in [3.63, 3.8) is 0 Å². The molecule has 0 bridgehead atoms. The van der Waals surface area contributed by atoms with E-state index in [4.69, 9.17) is 0 Å². The highest BCUT2D eigenvalue weighted by Crippen LogP contribution is 2.24. The molecule has 2 unspecified atom stereocenters. The van der Waals surface area contributed by atoms with E-state index in [2.05, 4.69) is 18.9 Å². The average molecular weight is 282 g/mol. The van der Waals surface area contributed by atoms with Gasteiger partial charge >= 0.3 is 0 Å². The van der Waals surface area contributed by atoms with Crippen molar-refractivity contribution >= 4 is 0 Å². The maximum absolute atomic E-state index is 2.76. The fraction of sp³-hybridized carbons (Fsp3) is 1.00. The second-order valence-electron chi connectivity index (χ2n) is 7.58. The molecule has 0 aliphatic carbocycles. The number of quaternary nitrogens is 1. The quantitative estimate of drug-likeness (QED) is 0.706. The second-order valence-corrected chi connectivity index (χ2v) is 7.58. The first-order chi connectivity index (χ1) is 9.72. The second kappa shape index (κ2) is 8.38. The lowest BCUT2D eigenvalue weighted by Crippen LogP contribution is -2.44. The highest BCUT2D eigenvalue weighted by atomic mass is 15.3. The van der Waals surface area contributed by atoms with Gasteiger partial charge in [-0.1, -0.05) is 19.3 Å². The summed E-state index contributed by atoms with van der Waals surface area (Å²) >= 11 is 0. The molecule has 2 atom stereocenters. The van der Waals surface area contributed by atoms with E-state index in [1.807, 2.05) is 0 Å². The van der Waals surface area contributed by atoms with Crippen molar-refractivity contribution in [2.24, 2.45) is 5.92 Å². The SMILES string of the molecule is CC[N+]1(C)CCCC(CCN2CCCCCCC2)CC1. The van der Waals surface area contributed by atoms with Crippen LogP contribution in [-0.2, 0) is 0 Å². The van der Waals surface area contributed by atoms with E-state index in [1.54, 1.807) is 0 Å². The first-order valence-electron chi connectivity index (χ1n) is 9.28. The van der Waals surface area contributed by atoms with Gasteiger partial charge in [0.15, 0.2) is 0 Å². The molecule has 0 radical (unpaired) electrons. The van der Waals surface area contributed by atoms with Crippen LogP contribution in [0.4, 0.5) is 0 Å². The number of rotatable bonds is 4. The molecule has 2 heteroatoms. The zero-order valence-corrected chi connectivity index (χ0v) is 14.1. The topological polar surface area (TPSA) is 3.24 Å². The summed E-state index contributed by atoms with van der Waals surface area (Å²) in [4.78, 5) is 2.76. The molecule has 2 heterocycles. The Bertz CT molecular complexity index is 258. The van der Waals surface area contributed by atoms with E-state index in [0.717, 1.165) is 5.92 Å². The van der Waals surface area contributed by atoms with Gasteiger partial charge in [0.25, 0.3) is 0 Å². The predicted octanol–water partition coefficient (Wildman–Crippen LogP) is 3.91. The third-order valence-corrected chi connectivity index (χ3v) is 5.95. The molecule has 0 aromatic rings. The first-order valence-corrected chi connectivity index (χ1v) is 9.28. The monoisotopic (exact) mass is 281 g/mol. The summed E-state index contributed by atoms with van der Waals surface area (Å²) in [5, 5.41) is 0. The first kappa shape index (κ1) is 16.3. The number of hydrogen-bond acceptors (Lipinski definition) is 1. The molecule has 20 heavy (non-hydrogen) atoms. The molecular weight excluding hydrogens is 244 g/mol. The van der Waals surface area contributed by atoms with E-state index in [9.17, 15) is 0 Å². The van der Waals surface area contributed by atoms with Gasteiger partial charge in [0.1, 0.15) is 0 Å². The summed E-state index contributed by atoms with van der Waals surface area (Å²) in [6, 6.07) is 0. The summed E-state index contributed by atoms with van der Waals surface area (Å²) in [6.07, 6.45) is 13.2.